The van der Waals surface area contributed by atoms with Crippen LogP contribution >= 0.6 is 0 Å². The highest BCUT2D eigenvalue weighted by atomic mass is 16.5. The van der Waals surface area contributed by atoms with Crippen LogP contribution in [0.4, 0.5) is 0 Å². The number of Topliss-reactive ketones (excluding diaryl/α,β-unsaturated/α-hetero) is 1. The molecule has 8 heteroatoms. The zero-order valence-electron chi connectivity index (χ0n) is 17.1. The molecule has 0 radical (unpaired) electrons. The molecular formula is C21H30O8. The molecule has 1 saturated heterocycles. The highest BCUT2D eigenvalue weighted by molar-refractivity contribution is 6.19. The second kappa shape index (κ2) is 10.4. The molecule has 0 aromatic rings. The molecule has 8 nitrogen and oxygen atoms in total. The van der Waals surface area contributed by atoms with Crippen molar-refractivity contribution in [3.63, 3.8) is 0 Å². The van der Waals surface area contributed by atoms with Crippen LogP contribution in [0.25, 0.3) is 0 Å². The van der Waals surface area contributed by atoms with E-state index in [2.05, 4.69) is 6.58 Å². The highest BCUT2D eigenvalue weighted by Crippen LogP contribution is 2.25. The Morgan fingerprint density at radius 3 is 2.48 bits per heavy atom. The lowest BCUT2D eigenvalue weighted by Gasteiger charge is -2.29. The Hall–Kier alpha value is -2.45. The maximum absolute atomic E-state index is 11.9. The fourth-order valence-electron chi connectivity index (χ4n) is 2.92. The molecule has 0 unspecified atom stereocenters. The predicted octanol–water partition coefficient (Wildman–Crippen LogP) is 2.21. The Kier molecular flexibility index (Phi) is 8.79. The molecule has 1 aliphatic rings. The first-order chi connectivity index (χ1) is 13.4. The normalized spacial score (nSPS) is 23.3. The number of esters is 1. The quantitative estimate of drug-likeness (QED) is 0.141. The second-order valence-electron chi connectivity index (χ2n) is 7.48. The van der Waals surface area contributed by atoms with E-state index in [1.165, 1.54) is 6.08 Å². The van der Waals surface area contributed by atoms with Crippen molar-refractivity contribution in [3.05, 3.63) is 35.6 Å². The Morgan fingerprint density at radius 1 is 1.34 bits per heavy atom. The van der Waals surface area contributed by atoms with Gasteiger partial charge in [-0.15, -0.1) is 0 Å². The summed E-state index contributed by atoms with van der Waals surface area (Å²) in [7, 11) is 0. The van der Waals surface area contributed by atoms with Crippen molar-refractivity contribution >= 4 is 17.7 Å². The van der Waals surface area contributed by atoms with E-state index in [0.29, 0.717) is 12.0 Å². The third-order valence-electron chi connectivity index (χ3n) is 5.02. The smallest absolute Gasteiger partial charge is 0.345 e. The second-order valence-corrected chi connectivity index (χ2v) is 7.48. The van der Waals surface area contributed by atoms with E-state index in [0.717, 1.165) is 6.08 Å². The van der Waals surface area contributed by atoms with Crippen molar-refractivity contribution in [1.82, 2.24) is 0 Å². The number of cyclic esters (lactones) is 1. The molecule has 29 heavy (non-hydrogen) atoms. The first-order valence-corrected chi connectivity index (χ1v) is 9.58. The van der Waals surface area contributed by atoms with Gasteiger partial charge in [0, 0.05) is 12.8 Å². The van der Waals surface area contributed by atoms with Crippen LogP contribution in [0.1, 0.15) is 52.9 Å². The third-order valence-corrected chi connectivity index (χ3v) is 5.02. The van der Waals surface area contributed by atoms with Gasteiger partial charge in [-0.2, -0.15) is 0 Å². The lowest BCUT2D eigenvalue weighted by molar-refractivity contribution is -0.167. The van der Waals surface area contributed by atoms with E-state index in [1.54, 1.807) is 20.8 Å². The number of carbonyl (C=O) groups is 3. The molecule has 1 rings (SSSR count). The first-order valence-electron chi connectivity index (χ1n) is 9.58. The molecule has 0 aromatic carbocycles. The molecule has 1 heterocycles. The van der Waals surface area contributed by atoms with Crippen molar-refractivity contribution in [3.8, 4) is 0 Å². The van der Waals surface area contributed by atoms with Crippen LogP contribution in [-0.2, 0) is 19.1 Å². The minimum absolute atomic E-state index is 0.00405. The zero-order chi connectivity index (χ0) is 22.4. The number of ether oxygens (including phenoxy) is 1. The summed E-state index contributed by atoms with van der Waals surface area (Å²) in [6.45, 7) is 8.81. The predicted molar refractivity (Wildman–Crippen MR) is 105 cm³/mol. The average molecular weight is 410 g/mol. The average Bonchev–Trinajstić information content (AvgIpc) is 2.63. The topological polar surface area (TPSA) is 141 Å². The molecule has 0 aromatic heterocycles. The van der Waals surface area contributed by atoms with Crippen LogP contribution in [0.3, 0.4) is 0 Å². The number of hydrogen-bond acceptors (Lipinski definition) is 7. The van der Waals surface area contributed by atoms with Gasteiger partial charge in [0.05, 0.1) is 6.10 Å². The van der Waals surface area contributed by atoms with E-state index in [4.69, 9.17) is 4.74 Å². The Balaban J connectivity index is 2.73. The van der Waals surface area contributed by atoms with Gasteiger partial charge in [-0.1, -0.05) is 38.5 Å². The lowest BCUT2D eigenvalue weighted by Crippen LogP contribution is -2.50. The van der Waals surface area contributed by atoms with E-state index in [9.17, 15) is 34.8 Å². The fourth-order valence-corrected chi connectivity index (χ4v) is 2.92. The largest absolute Gasteiger partial charge is 0.511 e. The van der Waals surface area contributed by atoms with Crippen LogP contribution in [0.5, 0.6) is 0 Å². The van der Waals surface area contributed by atoms with Crippen LogP contribution < -0.4 is 0 Å². The summed E-state index contributed by atoms with van der Waals surface area (Å²) < 4.78 is 4.95. The summed E-state index contributed by atoms with van der Waals surface area (Å²) in [6, 6.07) is 0. The Bertz CT molecular complexity index is 700. The van der Waals surface area contributed by atoms with Crippen molar-refractivity contribution in [2.75, 3.05) is 0 Å². The molecule has 0 spiro atoms. The summed E-state index contributed by atoms with van der Waals surface area (Å²) in [6.07, 6.45) is 1.32. The van der Waals surface area contributed by atoms with Gasteiger partial charge in [0.25, 0.3) is 0 Å². The monoisotopic (exact) mass is 410 g/mol. The molecule has 162 valence electrons. The summed E-state index contributed by atoms with van der Waals surface area (Å²) in [5.41, 5.74) is -2.19. The number of carboxylic acid groups (broad SMARTS) is 1. The van der Waals surface area contributed by atoms with Gasteiger partial charge < -0.3 is 25.2 Å². The standard InChI is InChI=1S/C21H30O8/c1-5-13(3)18(24)21(28,20(26)27)10-6-7-12(2)8-9-15(22)17-16(23)11-14(4)29-19(17)25/h6,10,13-14,18,22,24,28H,2,5,7-9,11H2,1,3-4H3,(H,26,27)/b10-6+,17-15-/t13-,14+,18+,21-/m0/s1. The van der Waals surface area contributed by atoms with Crippen LogP contribution in [0.2, 0.25) is 0 Å². The molecule has 1 aliphatic heterocycles. The SMILES string of the molecule is C=C(C/C=C/[C@@](O)(C(=O)O)[C@H](O)[C@@H](C)CC)CC/C(O)=C1\C(=O)C[C@@H](C)OC1=O. The molecule has 0 saturated carbocycles. The summed E-state index contributed by atoms with van der Waals surface area (Å²) in [4.78, 5) is 35.2. The number of aliphatic hydroxyl groups excluding tert-OH is 2. The molecule has 4 N–H and O–H groups in total. The maximum Gasteiger partial charge on any atom is 0.345 e. The minimum atomic E-state index is -2.42. The van der Waals surface area contributed by atoms with Crippen LogP contribution in [0, 0.1) is 5.92 Å². The molecular weight excluding hydrogens is 380 g/mol. The van der Waals surface area contributed by atoms with Gasteiger partial charge in [0.15, 0.2) is 5.78 Å². The number of hydrogen-bond donors (Lipinski definition) is 4. The van der Waals surface area contributed by atoms with Gasteiger partial charge in [-0.3, -0.25) is 4.79 Å². The number of aliphatic hydroxyl groups is 3. The van der Waals surface area contributed by atoms with Gasteiger partial charge in [-0.05, 0) is 31.8 Å². The number of ketones is 1. The van der Waals surface area contributed by atoms with E-state index >= 15 is 0 Å². The van der Waals surface area contributed by atoms with Crippen LogP contribution in [0.15, 0.2) is 35.6 Å². The van der Waals surface area contributed by atoms with Gasteiger partial charge in [0.1, 0.15) is 17.4 Å². The summed E-state index contributed by atoms with van der Waals surface area (Å²) in [5.74, 6) is -3.67. The van der Waals surface area contributed by atoms with E-state index in [-0.39, 0.29) is 37.0 Å². The molecule has 1 fully saturated rings. The minimum Gasteiger partial charge on any atom is -0.511 e. The maximum atomic E-state index is 11.9. The zero-order valence-corrected chi connectivity index (χ0v) is 17.1. The Labute approximate surface area is 170 Å². The first kappa shape index (κ1) is 24.6. The third kappa shape index (κ3) is 6.27. The van der Waals surface area contributed by atoms with Crippen LogP contribution in [-0.4, -0.2) is 56.0 Å². The van der Waals surface area contributed by atoms with Gasteiger partial charge in [-0.25, -0.2) is 9.59 Å². The van der Waals surface area contributed by atoms with Crippen molar-refractivity contribution < 1.29 is 39.5 Å². The fraction of sp³-hybridized carbons (Fsp3) is 0.571. The number of allylic oxidation sites excluding steroid dienone is 3. The van der Waals surface area contributed by atoms with Crippen molar-refractivity contribution in [2.45, 2.75) is 70.7 Å². The number of carbonyl (C=O) groups excluding carboxylic acids is 2. The van der Waals surface area contributed by atoms with Crippen molar-refractivity contribution in [1.29, 1.82) is 0 Å². The van der Waals surface area contributed by atoms with Crippen molar-refractivity contribution in [2.24, 2.45) is 5.92 Å². The molecule has 0 bridgehead atoms. The summed E-state index contributed by atoms with van der Waals surface area (Å²) in [5, 5.41) is 39.9. The summed E-state index contributed by atoms with van der Waals surface area (Å²) >= 11 is 0. The molecule has 0 aliphatic carbocycles. The lowest BCUT2D eigenvalue weighted by atomic mass is 9.85. The van der Waals surface area contributed by atoms with Gasteiger partial charge >= 0.3 is 11.9 Å². The Morgan fingerprint density at radius 2 is 1.97 bits per heavy atom. The number of aliphatic carboxylic acids is 1. The molecule has 0 amide bonds. The van der Waals surface area contributed by atoms with E-state index in [1.807, 2.05) is 0 Å². The molecule has 4 atom stereocenters. The highest BCUT2D eigenvalue weighted by Gasteiger charge is 2.43. The van der Waals surface area contributed by atoms with E-state index < -0.39 is 41.4 Å². The van der Waals surface area contributed by atoms with Gasteiger partial charge in [0.2, 0.25) is 5.60 Å². The number of carboxylic acids is 1. The number of rotatable bonds is 10.